The highest BCUT2D eigenvalue weighted by molar-refractivity contribution is 7.88. The highest BCUT2D eigenvalue weighted by Crippen LogP contribution is 2.23. The first-order valence-corrected chi connectivity index (χ1v) is 11.6. The molecule has 1 aliphatic heterocycles. The van der Waals surface area contributed by atoms with Gasteiger partial charge in [0.1, 0.15) is 0 Å². The molecule has 29 heavy (non-hydrogen) atoms. The second-order valence-corrected chi connectivity index (χ2v) is 9.37. The Bertz CT molecular complexity index is 1040. The van der Waals surface area contributed by atoms with Crippen molar-refractivity contribution >= 4 is 32.9 Å². The van der Waals surface area contributed by atoms with E-state index in [-0.39, 0.29) is 5.91 Å². The van der Waals surface area contributed by atoms with E-state index in [1.54, 1.807) is 6.08 Å². The van der Waals surface area contributed by atoms with Crippen LogP contribution in [-0.2, 0) is 21.4 Å². The molecule has 0 bridgehead atoms. The molecule has 0 unspecified atom stereocenters. The van der Waals surface area contributed by atoms with Gasteiger partial charge in [-0.15, -0.1) is 0 Å². The molecule has 1 N–H and O–H groups in total. The van der Waals surface area contributed by atoms with Gasteiger partial charge in [0.15, 0.2) is 0 Å². The minimum Gasteiger partial charge on any atom is -0.352 e. The molecular weight excluding hydrogens is 388 g/mol. The number of hydrogen-bond acceptors (Lipinski definition) is 4. The van der Waals surface area contributed by atoms with Crippen LogP contribution in [0.4, 0.5) is 0 Å². The fourth-order valence-corrected chi connectivity index (χ4v) is 4.55. The average Bonchev–Trinajstić information content (AvgIpc) is 3.06. The Balaban J connectivity index is 1.57. The molecule has 0 radical (unpaired) electrons. The van der Waals surface area contributed by atoms with Crippen LogP contribution < -0.4 is 5.32 Å². The minimum absolute atomic E-state index is 0.163. The molecule has 1 aromatic carbocycles. The molecule has 0 atom stereocenters. The molecule has 1 aromatic heterocycles. The third kappa shape index (κ3) is 5.46. The van der Waals surface area contributed by atoms with Crippen molar-refractivity contribution in [2.45, 2.75) is 25.8 Å². The van der Waals surface area contributed by atoms with Crippen molar-refractivity contribution < 1.29 is 13.2 Å². The van der Waals surface area contributed by atoms with Crippen molar-refractivity contribution in [1.29, 1.82) is 5.26 Å². The quantitative estimate of drug-likeness (QED) is 0.704. The van der Waals surface area contributed by atoms with Crippen LogP contribution in [0.3, 0.4) is 0 Å². The van der Waals surface area contributed by atoms with Gasteiger partial charge < -0.3 is 9.88 Å². The molecule has 0 saturated carbocycles. The number of carbonyl (C=O) groups is 1. The van der Waals surface area contributed by atoms with Crippen molar-refractivity contribution in [2.24, 2.45) is 5.92 Å². The van der Waals surface area contributed by atoms with E-state index in [0.717, 1.165) is 29.3 Å². The average molecular weight is 415 g/mol. The Labute approximate surface area is 171 Å². The monoisotopic (exact) mass is 414 g/mol. The molecule has 1 saturated heterocycles. The first kappa shape index (κ1) is 21.1. The summed E-state index contributed by atoms with van der Waals surface area (Å²) in [5.41, 5.74) is 1.98. The van der Waals surface area contributed by atoms with Crippen molar-refractivity contribution in [1.82, 2.24) is 14.2 Å². The van der Waals surface area contributed by atoms with Gasteiger partial charge in [0.2, 0.25) is 15.9 Å². The molecule has 1 amide bonds. The molecule has 8 heteroatoms. The zero-order chi connectivity index (χ0) is 20.9. The lowest BCUT2D eigenvalue weighted by atomic mass is 9.98. The number of piperidine rings is 1. The number of sulfonamides is 1. The second-order valence-electron chi connectivity index (χ2n) is 7.39. The van der Waals surface area contributed by atoms with Crippen LogP contribution in [0.1, 0.15) is 24.8 Å². The molecule has 3 rings (SSSR count). The molecule has 2 aromatic rings. The smallest absolute Gasteiger partial charge is 0.244 e. The number of rotatable bonds is 7. The molecule has 0 aliphatic carbocycles. The summed E-state index contributed by atoms with van der Waals surface area (Å²) in [6, 6.07) is 10.1. The fourth-order valence-electron chi connectivity index (χ4n) is 3.68. The highest BCUT2D eigenvalue weighted by Gasteiger charge is 2.24. The van der Waals surface area contributed by atoms with Crippen molar-refractivity contribution in [3.8, 4) is 6.07 Å². The number of aryl methyl sites for hydroxylation is 1. The zero-order valence-corrected chi connectivity index (χ0v) is 17.4. The number of carbonyl (C=O) groups excluding carboxylic acids is 1. The predicted molar refractivity (Wildman–Crippen MR) is 113 cm³/mol. The van der Waals surface area contributed by atoms with Gasteiger partial charge in [-0.05, 0) is 30.9 Å². The Morgan fingerprint density at radius 3 is 2.72 bits per heavy atom. The van der Waals surface area contributed by atoms with Crippen LogP contribution in [-0.4, -0.2) is 49.1 Å². The predicted octanol–water partition coefficient (Wildman–Crippen LogP) is 2.36. The summed E-state index contributed by atoms with van der Waals surface area (Å²) >= 11 is 0. The van der Waals surface area contributed by atoms with Gasteiger partial charge in [0.05, 0.1) is 18.7 Å². The topological polar surface area (TPSA) is 95.2 Å². The lowest BCUT2D eigenvalue weighted by Crippen LogP contribution is -2.40. The number of hydrogen-bond donors (Lipinski definition) is 1. The van der Waals surface area contributed by atoms with Crippen LogP contribution >= 0.6 is 0 Å². The van der Waals surface area contributed by atoms with Gasteiger partial charge >= 0.3 is 0 Å². The maximum Gasteiger partial charge on any atom is 0.244 e. The van der Waals surface area contributed by atoms with Gasteiger partial charge in [0, 0.05) is 54.9 Å². The van der Waals surface area contributed by atoms with Crippen LogP contribution in [0.5, 0.6) is 0 Å². The number of nitrogens with zero attached hydrogens (tertiary/aromatic N) is 3. The van der Waals surface area contributed by atoms with Gasteiger partial charge in [-0.25, -0.2) is 12.7 Å². The van der Waals surface area contributed by atoms with Gasteiger partial charge in [0.25, 0.3) is 0 Å². The Kier molecular flexibility index (Phi) is 6.72. The van der Waals surface area contributed by atoms with E-state index < -0.39 is 10.0 Å². The summed E-state index contributed by atoms with van der Waals surface area (Å²) < 4.78 is 26.6. The van der Waals surface area contributed by atoms with E-state index in [4.69, 9.17) is 5.26 Å². The van der Waals surface area contributed by atoms with Gasteiger partial charge in [-0.1, -0.05) is 18.2 Å². The van der Waals surface area contributed by atoms with Gasteiger partial charge in [-0.2, -0.15) is 5.26 Å². The van der Waals surface area contributed by atoms with E-state index in [0.29, 0.717) is 38.5 Å². The molecular formula is C21H26N4O3S. The van der Waals surface area contributed by atoms with E-state index in [1.165, 1.54) is 16.6 Å². The Hall–Kier alpha value is -2.63. The van der Waals surface area contributed by atoms with Crippen LogP contribution in [0, 0.1) is 17.2 Å². The number of para-hydroxylation sites is 1. The third-order valence-electron chi connectivity index (χ3n) is 5.31. The first-order chi connectivity index (χ1) is 13.9. The summed E-state index contributed by atoms with van der Waals surface area (Å²) in [5, 5.41) is 12.8. The van der Waals surface area contributed by atoms with Crippen molar-refractivity contribution in [2.75, 3.05) is 25.9 Å². The normalized spacial score (nSPS) is 16.3. The SMILES string of the molecule is CS(=O)(=O)N1CCC(CNC(=O)/C=C/c2cn(CCC#N)c3ccccc23)CC1. The summed E-state index contributed by atoms with van der Waals surface area (Å²) in [6.45, 7) is 2.18. The third-order valence-corrected chi connectivity index (χ3v) is 6.61. The first-order valence-electron chi connectivity index (χ1n) is 9.74. The molecule has 1 fully saturated rings. The van der Waals surface area contributed by atoms with Crippen LogP contribution in [0.2, 0.25) is 0 Å². The number of nitrogens with one attached hydrogen (secondary N) is 1. The maximum atomic E-state index is 12.2. The summed E-state index contributed by atoms with van der Waals surface area (Å²) in [5.74, 6) is 0.127. The van der Waals surface area contributed by atoms with E-state index in [2.05, 4.69) is 11.4 Å². The largest absolute Gasteiger partial charge is 0.352 e. The highest BCUT2D eigenvalue weighted by atomic mass is 32.2. The lowest BCUT2D eigenvalue weighted by Gasteiger charge is -2.30. The number of aromatic nitrogens is 1. The number of fused-ring (bicyclic) bond motifs is 1. The van der Waals surface area contributed by atoms with Crippen molar-refractivity contribution in [3.63, 3.8) is 0 Å². The number of nitriles is 1. The molecule has 1 aliphatic rings. The van der Waals surface area contributed by atoms with Crippen LogP contribution in [0.25, 0.3) is 17.0 Å². The molecule has 2 heterocycles. The fraction of sp³-hybridized carbons (Fsp3) is 0.429. The second kappa shape index (κ2) is 9.25. The van der Waals surface area contributed by atoms with Gasteiger partial charge in [-0.3, -0.25) is 4.79 Å². The molecule has 154 valence electrons. The number of amides is 1. The molecule has 0 spiro atoms. The van der Waals surface area contributed by atoms with Crippen LogP contribution in [0.15, 0.2) is 36.5 Å². The Morgan fingerprint density at radius 2 is 2.03 bits per heavy atom. The maximum absolute atomic E-state index is 12.2. The Morgan fingerprint density at radius 1 is 1.31 bits per heavy atom. The summed E-state index contributed by atoms with van der Waals surface area (Å²) in [4.78, 5) is 12.2. The molecule has 7 nitrogen and oxygen atoms in total. The lowest BCUT2D eigenvalue weighted by molar-refractivity contribution is -0.116. The van der Waals surface area contributed by atoms with E-state index in [9.17, 15) is 13.2 Å². The summed E-state index contributed by atoms with van der Waals surface area (Å²) in [6.07, 6.45) is 8.46. The van der Waals surface area contributed by atoms with Crippen molar-refractivity contribution in [3.05, 3.63) is 42.1 Å². The zero-order valence-electron chi connectivity index (χ0n) is 16.5. The van der Waals surface area contributed by atoms with E-state index >= 15 is 0 Å². The standard InChI is InChI=1S/C21H26N4O3S/c1-29(27,28)25-13-9-17(10-14-25)15-23-21(26)8-7-18-16-24(12-4-11-22)20-6-3-2-5-19(18)20/h2-3,5-8,16-17H,4,9-10,12-15H2,1H3,(H,23,26)/b8-7+. The number of benzene rings is 1. The summed E-state index contributed by atoms with van der Waals surface area (Å²) in [7, 11) is -3.13. The van der Waals surface area contributed by atoms with E-state index in [1.807, 2.05) is 35.0 Å². The minimum atomic E-state index is -3.13.